The van der Waals surface area contributed by atoms with E-state index in [9.17, 15) is 0 Å². The number of rotatable bonds is 3. The molecule has 0 bridgehead atoms. The Morgan fingerprint density at radius 1 is 1.44 bits per heavy atom. The molecule has 5 nitrogen and oxygen atoms in total. The normalized spacial score (nSPS) is 21.1. The van der Waals surface area contributed by atoms with Gasteiger partial charge in [0, 0.05) is 24.9 Å². The first kappa shape index (κ1) is 11.3. The van der Waals surface area contributed by atoms with Gasteiger partial charge in [0.15, 0.2) is 5.82 Å². The second-order valence-electron chi connectivity index (χ2n) is 4.56. The largest absolute Gasteiger partial charge is 0.381 e. The SMILES string of the molecule is CC(c1cccnc1)c1nc(C2CCOC2)no1. The van der Waals surface area contributed by atoms with Crippen LogP contribution >= 0.6 is 0 Å². The summed E-state index contributed by atoms with van der Waals surface area (Å²) in [5.74, 6) is 1.76. The first-order valence-corrected chi connectivity index (χ1v) is 6.16. The molecular weight excluding hydrogens is 230 g/mol. The van der Waals surface area contributed by atoms with Gasteiger partial charge in [-0.2, -0.15) is 4.98 Å². The molecule has 1 aliphatic heterocycles. The van der Waals surface area contributed by atoms with E-state index in [1.165, 1.54) is 0 Å². The number of pyridine rings is 1. The van der Waals surface area contributed by atoms with Crippen molar-refractivity contribution in [2.45, 2.75) is 25.2 Å². The molecule has 2 unspecified atom stereocenters. The van der Waals surface area contributed by atoms with E-state index in [1.807, 2.05) is 25.3 Å². The van der Waals surface area contributed by atoms with Crippen molar-refractivity contribution in [2.75, 3.05) is 13.2 Å². The van der Waals surface area contributed by atoms with Crippen molar-refractivity contribution in [3.05, 3.63) is 41.8 Å². The lowest BCUT2D eigenvalue weighted by Gasteiger charge is -2.05. The molecule has 2 aromatic rings. The van der Waals surface area contributed by atoms with E-state index >= 15 is 0 Å². The predicted molar refractivity (Wildman–Crippen MR) is 64.2 cm³/mol. The van der Waals surface area contributed by atoms with Gasteiger partial charge in [-0.3, -0.25) is 4.98 Å². The van der Waals surface area contributed by atoms with Gasteiger partial charge in [-0.15, -0.1) is 0 Å². The van der Waals surface area contributed by atoms with Crippen LogP contribution in [0.5, 0.6) is 0 Å². The van der Waals surface area contributed by atoms with Crippen molar-refractivity contribution in [3.8, 4) is 0 Å². The molecule has 94 valence electrons. The smallest absolute Gasteiger partial charge is 0.233 e. The zero-order valence-corrected chi connectivity index (χ0v) is 10.2. The van der Waals surface area contributed by atoms with Crippen molar-refractivity contribution < 1.29 is 9.26 Å². The Morgan fingerprint density at radius 3 is 3.11 bits per heavy atom. The summed E-state index contributed by atoms with van der Waals surface area (Å²) < 4.78 is 10.7. The van der Waals surface area contributed by atoms with Crippen LogP contribution in [0.3, 0.4) is 0 Å². The highest BCUT2D eigenvalue weighted by Gasteiger charge is 2.24. The Hall–Kier alpha value is -1.75. The fourth-order valence-corrected chi connectivity index (χ4v) is 2.10. The monoisotopic (exact) mass is 245 g/mol. The molecule has 3 rings (SSSR count). The molecule has 0 radical (unpaired) electrons. The molecule has 0 aromatic carbocycles. The summed E-state index contributed by atoms with van der Waals surface area (Å²) in [4.78, 5) is 8.59. The Labute approximate surface area is 105 Å². The molecule has 3 heterocycles. The van der Waals surface area contributed by atoms with E-state index in [2.05, 4.69) is 15.1 Å². The Morgan fingerprint density at radius 2 is 2.39 bits per heavy atom. The molecule has 0 aliphatic carbocycles. The molecule has 2 atom stereocenters. The van der Waals surface area contributed by atoms with Gasteiger partial charge < -0.3 is 9.26 Å². The van der Waals surface area contributed by atoms with E-state index < -0.39 is 0 Å². The predicted octanol–water partition coefficient (Wildman–Crippen LogP) is 2.12. The third kappa shape index (κ3) is 2.13. The van der Waals surface area contributed by atoms with Crippen LogP contribution in [0.2, 0.25) is 0 Å². The fraction of sp³-hybridized carbons (Fsp3) is 0.462. The zero-order valence-electron chi connectivity index (χ0n) is 10.2. The second kappa shape index (κ2) is 4.86. The summed E-state index contributed by atoms with van der Waals surface area (Å²) >= 11 is 0. The van der Waals surface area contributed by atoms with Crippen LogP contribution in [0.4, 0.5) is 0 Å². The summed E-state index contributed by atoms with van der Waals surface area (Å²) in [6.07, 6.45) is 4.55. The van der Waals surface area contributed by atoms with E-state index in [1.54, 1.807) is 6.20 Å². The Balaban J connectivity index is 1.80. The molecule has 18 heavy (non-hydrogen) atoms. The van der Waals surface area contributed by atoms with Gasteiger partial charge >= 0.3 is 0 Å². The Kier molecular flexibility index (Phi) is 3.06. The van der Waals surface area contributed by atoms with Gasteiger partial charge in [-0.25, -0.2) is 0 Å². The molecule has 5 heteroatoms. The van der Waals surface area contributed by atoms with Crippen LogP contribution in [0.25, 0.3) is 0 Å². The van der Waals surface area contributed by atoms with Crippen LogP contribution < -0.4 is 0 Å². The van der Waals surface area contributed by atoms with Crippen LogP contribution in [0.1, 0.15) is 42.5 Å². The molecule has 0 amide bonds. The molecule has 0 spiro atoms. The van der Waals surface area contributed by atoms with E-state index in [0.717, 1.165) is 24.4 Å². The molecule has 2 aromatic heterocycles. The van der Waals surface area contributed by atoms with Crippen LogP contribution in [0.15, 0.2) is 29.0 Å². The topological polar surface area (TPSA) is 61.0 Å². The van der Waals surface area contributed by atoms with Gasteiger partial charge in [0.25, 0.3) is 0 Å². The molecule has 1 saturated heterocycles. The molecule has 0 saturated carbocycles. The average Bonchev–Trinajstić information content (AvgIpc) is 3.09. The highest BCUT2D eigenvalue weighted by atomic mass is 16.5. The molecule has 1 aliphatic rings. The highest BCUT2D eigenvalue weighted by molar-refractivity contribution is 5.20. The first-order valence-electron chi connectivity index (χ1n) is 6.16. The zero-order chi connectivity index (χ0) is 12.4. The van der Waals surface area contributed by atoms with Crippen molar-refractivity contribution in [3.63, 3.8) is 0 Å². The van der Waals surface area contributed by atoms with Crippen molar-refractivity contribution in [2.24, 2.45) is 0 Å². The standard InChI is InChI=1S/C13H15N3O2/c1-9(10-3-2-5-14-7-10)13-15-12(16-18-13)11-4-6-17-8-11/h2-3,5,7,9,11H,4,6,8H2,1H3. The maximum atomic E-state index is 5.35. The number of hydrogen-bond donors (Lipinski definition) is 0. The second-order valence-corrected chi connectivity index (χ2v) is 4.56. The fourth-order valence-electron chi connectivity index (χ4n) is 2.10. The summed E-state index contributed by atoms with van der Waals surface area (Å²) in [7, 11) is 0. The van der Waals surface area contributed by atoms with Gasteiger partial charge in [0.1, 0.15) is 0 Å². The maximum absolute atomic E-state index is 5.35. The van der Waals surface area contributed by atoms with E-state index in [0.29, 0.717) is 12.5 Å². The first-order chi connectivity index (χ1) is 8.84. The third-order valence-electron chi connectivity index (χ3n) is 3.31. The summed E-state index contributed by atoms with van der Waals surface area (Å²) in [5, 5.41) is 4.06. The molecule has 1 fully saturated rings. The Bertz CT molecular complexity index is 506. The van der Waals surface area contributed by atoms with E-state index in [-0.39, 0.29) is 11.8 Å². The minimum atomic E-state index is 0.0715. The van der Waals surface area contributed by atoms with Crippen LogP contribution in [-0.2, 0) is 4.74 Å². The van der Waals surface area contributed by atoms with Crippen LogP contribution in [0, 0.1) is 0 Å². The minimum Gasteiger partial charge on any atom is -0.381 e. The van der Waals surface area contributed by atoms with Gasteiger partial charge in [0.05, 0.1) is 12.5 Å². The number of hydrogen-bond acceptors (Lipinski definition) is 5. The average molecular weight is 245 g/mol. The minimum absolute atomic E-state index is 0.0715. The summed E-state index contributed by atoms with van der Waals surface area (Å²) in [6.45, 7) is 3.52. The highest BCUT2D eigenvalue weighted by Crippen LogP contribution is 2.26. The molecule has 0 N–H and O–H groups in total. The van der Waals surface area contributed by atoms with Gasteiger partial charge in [-0.1, -0.05) is 11.2 Å². The third-order valence-corrected chi connectivity index (χ3v) is 3.31. The van der Waals surface area contributed by atoms with E-state index in [4.69, 9.17) is 9.26 Å². The van der Waals surface area contributed by atoms with Gasteiger partial charge in [-0.05, 0) is 25.0 Å². The van der Waals surface area contributed by atoms with Crippen molar-refractivity contribution in [1.29, 1.82) is 0 Å². The van der Waals surface area contributed by atoms with Crippen molar-refractivity contribution >= 4 is 0 Å². The summed E-state index contributed by atoms with van der Waals surface area (Å²) in [6, 6.07) is 3.92. The van der Waals surface area contributed by atoms with Crippen LogP contribution in [-0.4, -0.2) is 28.3 Å². The molecular formula is C13H15N3O2. The summed E-state index contributed by atoms with van der Waals surface area (Å²) in [5.41, 5.74) is 1.08. The maximum Gasteiger partial charge on any atom is 0.233 e. The lowest BCUT2D eigenvalue weighted by Crippen LogP contribution is -2.01. The number of nitrogens with zero attached hydrogens (tertiary/aromatic N) is 3. The lowest BCUT2D eigenvalue weighted by atomic mass is 10.0. The number of ether oxygens (including phenoxy) is 1. The quantitative estimate of drug-likeness (QED) is 0.828. The van der Waals surface area contributed by atoms with Crippen molar-refractivity contribution in [1.82, 2.24) is 15.1 Å². The van der Waals surface area contributed by atoms with Gasteiger partial charge in [0.2, 0.25) is 5.89 Å². The lowest BCUT2D eigenvalue weighted by molar-refractivity contribution is 0.192. The number of aromatic nitrogens is 3.